The van der Waals surface area contributed by atoms with Gasteiger partial charge in [0.25, 0.3) is 5.91 Å². The van der Waals surface area contributed by atoms with Crippen molar-refractivity contribution in [3.05, 3.63) is 15.6 Å². The fraction of sp³-hybridized carbons (Fsp3) is 0.684. The number of aryl methyl sites for hydroxylation is 1. The maximum Gasteiger partial charge on any atom is 0.306 e. The molecule has 1 aromatic rings. The van der Waals surface area contributed by atoms with Gasteiger partial charge in [0.1, 0.15) is 4.88 Å². The first kappa shape index (κ1) is 19.8. The second-order valence-corrected chi connectivity index (χ2v) is 8.63. The summed E-state index contributed by atoms with van der Waals surface area (Å²) in [4.78, 5) is 44.7. The predicted molar refractivity (Wildman–Crippen MR) is 102 cm³/mol. The van der Waals surface area contributed by atoms with Crippen molar-refractivity contribution in [3.63, 3.8) is 0 Å². The Hall–Kier alpha value is -1.96. The number of hydrogen-bond acceptors (Lipinski definition) is 5. The summed E-state index contributed by atoms with van der Waals surface area (Å²) >= 11 is 1.47. The molecule has 1 aliphatic heterocycles. The summed E-state index contributed by atoms with van der Waals surface area (Å²) in [6.07, 6.45) is 5.66. The van der Waals surface area contributed by atoms with E-state index in [-0.39, 0.29) is 24.3 Å². The summed E-state index contributed by atoms with van der Waals surface area (Å²) < 4.78 is 0. The highest BCUT2D eigenvalue weighted by Gasteiger charge is 2.29. The lowest BCUT2D eigenvalue weighted by Gasteiger charge is -2.31. The number of likely N-dealkylation sites (N-methyl/N-ethyl adjacent to an activating group) is 1. The van der Waals surface area contributed by atoms with Crippen LogP contribution in [0.15, 0.2) is 0 Å². The minimum atomic E-state index is -0.798. The van der Waals surface area contributed by atoms with Crippen LogP contribution in [0.4, 0.5) is 0 Å². The monoisotopic (exact) mass is 393 g/mol. The van der Waals surface area contributed by atoms with Gasteiger partial charge in [0.2, 0.25) is 5.91 Å². The zero-order chi connectivity index (χ0) is 19.6. The Morgan fingerprint density at radius 1 is 1.19 bits per heavy atom. The highest BCUT2D eigenvalue weighted by molar-refractivity contribution is 7.13. The average molecular weight is 394 g/mol. The molecule has 1 aliphatic carbocycles. The molecule has 27 heavy (non-hydrogen) atoms. The minimum absolute atomic E-state index is 0.00662. The van der Waals surface area contributed by atoms with Crippen LogP contribution < -0.4 is 0 Å². The number of carbonyl (C=O) groups excluding carboxylic acids is 2. The number of aliphatic carboxylic acids is 1. The lowest BCUT2D eigenvalue weighted by atomic mass is 9.97. The number of amides is 2. The second-order valence-electron chi connectivity index (χ2n) is 7.60. The number of rotatable bonds is 5. The molecule has 1 N–H and O–H groups in total. The third kappa shape index (κ3) is 4.48. The quantitative estimate of drug-likeness (QED) is 0.830. The third-order valence-electron chi connectivity index (χ3n) is 5.63. The van der Waals surface area contributed by atoms with E-state index in [2.05, 4.69) is 4.98 Å². The summed E-state index contributed by atoms with van der Waals surface area (Å²) in [7, 11) is 1.64. The van der Waals surface area contributed by atoms with Crippen molar-refractivity contribution < 1.29 is 19.5 Å². The number of aromatic nitrogens is 1. The van der Waals surface area contributed by atoms with Gasteiger partial charge >= 0.3 is 5.97 Å². The van der Waals surface area contributed by atoms with Crippen LogP contribution in [-0.4, -0.2) is 64.4 Å². The molecule has 148 valence electrons. The predicted octanol–water partition coefficient (Wildman–Crippen LogP) is 2.50. The molecule has 8 heteroatoms. The van der Waals surface area contributed by atoms with Crippen molar-refractivity contribution in [3.8, 4) is 0 Å². The number of carbonyl (C=O) groups is 3. The van der Waals surface area contributed by atoms with E-state index in [1.807, 2.05) is 6.92 Å². The normalized spacial score (nSPS) is 18.7. The molecule has 0 unspecified atom stereocenters. The molecule has 0 atom stereocenters. The van der Waals surface area contributed by atoms with Crippen molar-refractivity contribution in [2.75, 3.05) is 26.7 Å². The van der Waals surface area contributed by atoms with Crippen LogP contribution in [0.5, 0.6) is 0 Å². The molecule has 3 rings (SSSR count). The number of nitrogens with zero attached hydrogens (tertiary/aromatic N) is 3. The van der Waals surface area contributed by atoms with Gasteiger partial charge in [-0.2, -0.15) is 0 Å². The largest absolute Gasteiger partial charge is 0.481 e. The Balaban J connectivity index is 1.57. The second kappa shape index (κ2) is 8.37. The maximum absolute atomic E-state index is 12.8. The van der Waals surface area contributed by atoms with Gasteiger partial charge in [0.05, 0.1) is 23.2 Å². The summed E-state index contributed by atoms with van der Waals surface area (Å²) in [5.41, 5.74) is 0.744. The average Bonchev–Trinajstić information content (AvgIpc) is 3.30. The highest BCUT2D eigenvalue weighted by atomic mass is 32.1. The SMILES string of the molecule is Cc1nc(C2CCCC2)sc1C(=O)N(C)CC(=O)N1CCC(C(=O)O)CC1. The molecule has 0 spiro atoms. The van der Waals surface area contributed by atoms with Crippen LogP contribution in [0.1, 0.15) is 64.8 Å². The fourth-order valence-corrected chi connectivity index (χ4v) is 5.12. The van der Waals surface area contributed by atoms with Gasteiger partial charge in [0.15, 0.2) is 0 Å². The number of hydrogen-bond donors (Lipinski definition) is 1. The van der Waals surface area contributed by atoms with E-state index in [1.165, 1.54) is 29.1 Å². The van der Waals surface area contributed by atoms with E-state index in [9.17, 15) is 14.4 Å². The van der Waals surface area contributed by atoms with E-state index in [4.69, 9.17) is 5.11 Å². The van der Waals surface area contributed by atoms with E-state index in [1.54, 1.807) is 11.9 Å². The summed E-state index contributed by atoms with van der Waals surface area (Å²) in [6.45, 7) is 2.73. The number of carboxylic acid groups (broad SMARTS) is 1. The third-order valence-corrected chi connectivity index (χ3v) is 6.94. The smallest absolute Gasteiger partial charge is 0.306 e. The van der Waals surface area contributed by atoms with Gasteiger partial charge in [-0.3, -0.25) is 14.4 Å². The Labute approximate surface area is 163 Å². The van der Waals surface area contributed by atoms with Crippen molar-refractivity contribution in [2.24, 2.45) is 5.92 Å². The maximum atomic E-state index is 12.8. The first-order valence-corrected chi connectivity index (χ1v) is 10.4. The molecule has 1 aromatic heterocycles. The van der Waals surface area contributed by atoms with Gasteiger partial charge < -0.3 is 14.9 Å². The standard InChI is InChI=1S/C19H27N3O4S/c1-12-16(27-17(20-12)13-5-3-4-6-13)18(24)21(2)11-15(23)22-9-7-14(8-10-22)19(25)26/h13-14H,3-11H2,1-2H3,(H,25,26). The van der Waals surface area contributed by atoms with Crippen LogP contribution in [0.2, 0.25) is 0 Å². The van der Waals surface area contributed by atoms with Crippen LogP contribution in [0, 0.1) is 12.8 Å². The Kier molecular flexibility index (Phi) is 6.14. The summed E-state index contributed by atoms with van der Waals surface area (Å²) in [5, 5.41) is 10.1. The van der Waals surface area contributed by atoms with Gasteiger partial charge in [-0.15, -0.1) is 11.3 Å². The Morgan fingerprint density at radius 3 is 2.41 bits per heavy atom. The van der Waals surface area contributed by atoms with Gasteiger partial charge in [0, 0.05) is 26.1 Å². The molecule has 2 heterocycles. The van der Waals surface area contributed by atoms with Crippen LogP contribution in [-0.2, 0) is 9.59 Å². The van der Waals surface area contributed by atoms with Crippen molar-refractivity contribution in [1.29, 1.82) is 0 Å². The number of piperidine rings is 1. The van der Waals surface area contributed by atoms with Gasteiger partial charge in [-0.25, -0.2) is 4.98 Å². The Morgan fingerprint density at radius 2 is 1.81 bits per heavy atom. The summed E-state index contributed by atoms with van der Waals surface area (Å²) in [6, 6.07) is 0. The van der Waals surface area contributed by atoms with Crippen LogP contribution in [0.3, 0.4) is 0 Å². The lowest BCUT2D eigenvalue weighted by molar-refractivity contribution is -0.145. The van der Waals surface area contributed by atoms with Crippen molar-refractivity contribution >= 4 is 29.1 Å². The molecule has 2 fully saturated rings. The molecule has 2 amide bonds. The van der Waals surface area contributed by atoms with E-state index in [0.29, 0.717) is 36.7 Å². The highest BCUT2D eigenvalue weighted by Crippen LogP contribution is 2.37. The molecular formula is C19H27N3O4S. The number of carboxylic acids is 1. The van der Waals surface area contributed by atoms with Crippen molar-refractivity contribution in [1.82, 2.24) is 14.8 Å². The van der Waals surface area contributed by atoms with Gasteiger partial charge in [-0.1, -0.05) is 12.8 Å². The first-order valence-electron chi connectivity index (χ1n) is 9.60. The molecular weight excluding hydrogens is 366 g/mol. The van der Waals surface area contributed by atoms with E-state index in [0.717, 1.165) is 23.5 Å². The van der Waals surface area contributed by atoms with Crippen LogP contribution >= 0.6 is 11.3 Å². The summed E-state index contributed by atoms with van der Waals surface area (Å²) in [5.74, 6) is -0.996. The minimum Gasteiger partial charge on any atom is -0.481 e. The number of likely N-dealkylation sites (tertiary alicyclic amines) is 1. The molecule has 1 saturated carbocycles. The molecule has 0 radical (unpaired) electrons. The van der Waals surface area contributed by atoms with E-state index >= 15 is 0 Å². The molecule has 2 aliphatic rings. The fourth-order valence-electron chi connectivity index (χ4n) is 3.89. The molecule has 0 aromatic carbocycles. The van der Waals surface area contributed by atoms with Gasteiger partial charge in [-0.05, 0) is 32.6 Å². The van der Waals surface area contributed by atoms with Crippen LogP contribution in [0.25, 0.3) is 0 Å². The molecule has 7 nitrogen and oxygen atoms in total. The zero-order valence-electron chi connectivity index (χ0n) is 15.9. The lowest BCUT2D eigenvalue weighted by Crippen LogP contribution is -2.45. The van der Waals surface area contributed by atoms with Crippen molar-refractivity contribution in [2.45, 2.75) is 51.4 Å². The molecule has 1 saturated heterocycles. The zero-order valence-corrected chi connectivity index (χ0v) is 16.8. The Bertz CT molecular complexity index is 719. The first-order chi connectivity index (χ1) is 12.9. The molecule has 0 bridgehead atoms. The van der Waals surface area contributed by atoms with E-state index < -0.39 is 5.97 Å². The number of thiazole rings is 1. The topological polar surface area (TPSA) is 90.8 Å².